The first-order valence-corrected chi connectivity index (χ1v) is 54.0. The molecule has 11 rings (SSSR count). The van der Waals surface area contributed by atoms with Gasteiger partial charge < -0.3 is 75.8 Å². The number of hydrogen-bond acceptors (Lipinski definition) is 25. The Hall–Kier alpha value is -14.0. The number of aromatic carboxylic acids is 5. The van der Waals surface area contributed by atoms with Crippen LogP contribution in [0, 0.1) is 0 Å². The molecule has 0 atom stereocenters. The van der Waals surface area contributed by atoms with Crippen LogP contribution in [0.3, 0.4) is 0 Å². The van der Waals surface area contributed by atoms with E-state index >= 15 is 0 Å². The van der Waals surface area contributed by atoms with E-state index in [2.05, 4.69) is 36.0 Å². The quantitative estimate of drug-likeness (QED) is 0.0157. The minimum atomic E-state index is -4.15. The minimum Gasteiger partial charge on any atom is -0.478 e. The molecule has 0 radical (unpaired) electrons. The summed E-state index contributed by atoms with van der Waals surface area (Å²) in [7, 11) is -19.9. The summed E-state index contributed by atoms with van der Waals surface area (Å²) in [4.78, 5) is 57.2. The Labute approximate surface area is 831 Å². The maximum absolute atomic E-state index is 13.6. The van der Waals surface area contributed by atoms with E-state index in [1.54, 1.807) is 166 Å². The summed E-state index contributed by atoms with van der Waals surface area (Å²) in [6, 6.07) is 65.1. The van der Waals surface area contributed by atoms with E-state index in [1.807, 2.05) is 78.8 Å². The van der Waals surface area contributed by atoms with Crippen molar-refractivity contribution in [1.82, 2.24) is 8.61 Å². The largest absolute Gasteiger partial charge is 0.478 e. The van der Waals surface area contributed by atoms with Crippen molar-refractivity contribution < 1.29 is 115 Å². The van der Waals surface area contributed by atoms with Crippen molar-refractivity contribution in [2.75, 3.05) is 101 Å². The predicted octanol–water partition coefficient (Wildman–Crippen LogP) is 21.6. The smallest absolute Gasteiger partial charge is 0.335 e. The zero-order chi connectivity index (χ0) is 104. The van der Waals surface area contributed by atoms with E-state index in [0.717, 1.165) is 88.7 Å². The van der Waals surface area contributed by atoms with Crippen LogP contribution in [0.2, 0.25) is 0 Å². The molecule has 0 bridgehead atoms. The molecule has 142 heavy (non-hydrogen) atoms. The number of hydrogen-bond donors (Lipinski definition) is 13. The molecule has 764 valence electrons. The van der Waals surface area contributed by atoms with E-state index < -0.39 is 80.0 Å². The molecule has 40 heteroatoms. The van der Waals surface area contributed by atoms with E-state index in [4.69, 9.17) is 28.8 Å². The molecule has 11 aromatic rings. The molecule has 0 saturated carbocycles. The second-order valence-electron chi connectivity index (χ2n) is 31.7. The van der Waals surface area contributed by atoms with Crippen molar-refractivity contribution in [1.29, 1.82) is 0 Å². The number of unbranched alkanes of at least 4 members (excludes halogenated alkanes) is 5. The van der Waals surface area contributed by atoms with Gasteiger partial charge in [0.1, 0.15) is 48.3 Å². The number of nitrogens with one attached hydrogen (secondary N) is 7. The van der Waals surface area contributed by atoms with Crippen molar-refractivity contribution >= 4 is 120 Å². The van der Waals surface area contributed by atoms with Crippen LogP contribution in [-0.4, -0.2) is 171 Å². The Morgan fingerprint density at radius 2 is 0.521 bits per heavy atom. The molecular formula is C102H126N10O25S5. The van der Waals surface area contributed by atoms with Gasteiger partial charge >= 0.3 is 29.8 Å². The Balaban J connectivity index is 0.000000242. The number of sulfone groups is 1. The van der Waals surface area contributed by atoms with Gasteiger partial charge in [0.05, 0.1) is 61.9 Å². The lowest BCUT2D eigenvalue weighted by Crippen LogP contribution is -2.33. The van der Waals surface area contributed by atoms with Crippen LogP contribution in [0.1, 0.15) is 191 Å². The predicted molar refractivity (Wildman–Crippen MR) is 553 cm³/mol. The number of anilines is 7. The Morgan fingerprint density at radius 1 is 0.289 bits per heavy atom. The van der Waals surface area contributed by atoms with E-state index in [1.165, 1.54) is 51.1 Å². The van der Waals surface area contributed by atoms with Crippen LogP contribution in [0.5, 0.6) is 57.5 Å². The number of carboxylic acid groups (broad SMARTS) is 5. The van der Waals surface area contributed by atoms with Gasteiger partial charge in [-0.3, -0.25) is 9.44 Å². The average molecular weight is 2050 g/mol. The molecule has 0 aliphatic heterocycles. The number of sulfonamides is 3. The molecule has 0 aromatic heterocycles. The highest BCUT2D eigenvalue weighted by Crippen LogP contribution is 2.45. The van der Waals surface area contributed by atoms with Gasteiger partial charge in [0.25, 0.3) is 20.2 Å². The molecule has 0 heterocycles. The van der Waals surface area contributed by atoms with E-state index in [0.29, 0.717) is 122 Å². The third-order valence-electron chi connectivity index (χ3n) is 20.4. The molecule has 0 unspecified atom stereocenters. The third-order valence-corrected chi connectivity index (χ3v) is 27.4. The maximum Gasteiger partial charge on any atom is 0.335 e. The Morgan fingerprint density at radius 3 is 0.782 bits per heavy atom. The zero-order valence-electron chi connectivity index (χ0n) is 80.9. The molecule has 11 aromatic carbocycles. The second-order valence-corrected chi connectivity index (χ2v) is 40.4. The van der Waals surface area contributed by atoms with Crippen LogP contribution in [-0.2, 0) is 50.1 Å². The number of para-hydroxylation sites is 6. The third kappa shape index (κ3) is 35.6. The number of carboxylic acids is 5. The first-order chi connectivity index (χ1) is 67.7. The van der Waals surface area contributed by atoms with E-state index in [-0.39, 0.29) is 94.9 Å². The number of nitrogens with zero attached hydrogens (tertiary/aromatic N) is 2. The number of ether oxygens (including phenoxy) is 5. The standard InChI is InChI=1S/C23H24N2O5S.C23H32N2O5S.C21H28N2O5S.C18H21NO5S.C17H21N3O5S/c1-2-3-14-24-20-15-17(23(26)27)16-21(22(20)30-19-12-8-5-9-13-19)31(28,29)25-18-10-6-4-7-11-18;1-4-7-13-24-20-16-18(23(26)27)17-21(22(20)30-19-11-9-8-10-12-19)31(28,29)25(14-5-2)15-6-3;1-4-7-13-22-18-14-16(21(24)25)15-19(29(26,27)23(5-2)6-3)20(18)28-17-11-9-8-10-12-17;1-3-4-10-19-15-11-13(18(20)21)12-16(25(2,22)23)17(15)24-14-8-6-5-7-9-14;1-2-3-9-19-14-10-12(17(21)22)11-15(20-26(18,23)24)16(14)25-13-7-5-4-6-8-13/h4-13,15-16,24-25H,2-3,14H2,1H3,(H,26,27);8-12,16-17,24H,4-7,13-15H2,1-3H3,(H,26,27);8-12,14-15,22H,4-7,13H2,1-3H3,(H,24,25);5-9,11-12,19H,3-4,10H2,1-2H3,(H,20,21);4-8,10-11,19-20H,2-3,9H2,1H3,(H,21,22)(H2,18,23,24). The van der Waals surface area contributed by atoms with Crippen LogP contribution in [0.4, 0.5) is 39.8 Å². The molecule has 0 aliphatic rings. The minimum absolute atomic E-state index is 0.0377. The number of benzene rings is 11. The summed E-state index contributed by atoms with van der Waals surface area (Å²) >= 11 is 0. The van der Waals surface area contributed by atoms with Gasteiger partial charge in [-0.05, 0) is 178 Å². The molecular weight excluding hydrogens is 1930 g/mol. The number of nitrogens with two attached hydrogens (primary N) is 1. The van der Waals surface area contributed by atoms with Crippen molar-refractivity contribution in [3.63, 3.8) is 0 Å². The average Bonchev–Trinajstić information content (AvgIpc) is 0.775. The van der Waals surface area contributed by atoms with Crippen molar-refractivity contribution in [3.05, 3.63) is 270 Å². The lowest BCUT2D eigenvalue weighted by Gasteiger charge is -2.24. The lowest BCUT2D eigenvalue weighted by molar-refractivity contribution is 0.0685. The zero-order valence-corrected chi connectivity index (χ0v) is 84.9. The van der Waals surface area contributed by atoms with E-state index in [9.17, 15) is 91.6 Å². The fourth-order valence-electron chi connectivity index (χ4n) is 13.4. The van der Waals surface area contributed by atoms with Crippen LogP contribution in [0.15, 0.2) is 262 Å². The highest BCUT2D eigenvalue weighted by atomic mass is 32.2. The molecule has 14 N–H and O–H groups in total. The first kappa shape index (κ1) is 115. The summed E-state index contributed by atoms with van der Waals surface area (Å²) in [5, 5.41) is 68.0. The molecule has 0 spiro atoms. The monoisotopic (exact) mass is 2050 g/mol. The normalized spacial score (nSPS) is 11.2. The summed E-state index contributed by atoms with van der Waals surface area (Å²) in [5.74, 6) is -3.23. The molecule has 0 aliphatic carbocycles. The summed E-state index contributed by atoms with van der Waals surface area (Å²) in [5.41, 5.74) is 1.39. The maximum atomic E-state index is 13.6. The lowest BCUT2D eigenvalue weighted by atomic mass is 10.1. The van der Waals surface area contributed by atoms with Crippen LogP contribution < -0.4 is 64.9 Å². The van der Waals surface area contributed by atoms with Gasteiger partial charge in [-0.25, -0.2) is 62.8 Å². The Kier molecular flexibility index (Phi) is 46.2. The highest BCUT2D eigenvalue weighted by molar-refractivity contribution is 7.93. The van der Waals surface area contributed by atoms with Gasteiger partial charge in [-0.2, -0.15) is 17.0 Å². The summed E-state index contributed by atoms with van der Waals surface area (Å²) < 4.78 is 165. The van der Waals surface area contributed by atoms with Crippen molar-refractivity contribution in [2.45, 2.75) is 159 Å². The van der Waals surface area contributed by atoms with Crippen LogP contribution in [0.25, 0.3) is 0 Å². The summed E-state index contributed by atoms with van der Waals surface area (Å²) in [6.45, 7) is 21.5. The SMILES string of the molecule is CCCCNc1cc(C(=O)O)cc(NS(N)(=O)=O)c1Oc1ccccc1.CCCCNc1cc(C(=O)O)cc(S(=O)(=O)N(CC)CC)c1Oc1ccccc1.CCCCNc1cc(C(=O)O)cc(S(=O)(=O)N(CCC)CCC)c1Oc1ccccc1.CCCCNc1cc(C(=O)O)cc(S(=O)(=O)Nc2ccccc2)c1Oc1ccccc1.CCCCNc1cc(C(=O)O)cc(S(C)(=O)=O)c1Oc1ccccc1. The second kappa shape index (κ2) is 57.0. The van der Waals surface area contributed by atoms with Gasteiger partial charge in [0.2, 0.25) is 20.0 Å². The first-order valence-electron chi connectivity index (χ1n) is 46.2. The number of carbonyl (C=O) groups is 5. The fraction of sp³-hybridized carbons (Fsp3) is 0.304. The molecule has 0 amide bonds. The molecule has 0 saturated heterocycles. The number of rotatable bonds is 51. The van der Waals surface area contributed by atoms with Gasteiger partial charge in [0.15, 0.2) is 38.6 Å². The van der Waals surface area contributed by atoms with Gasteiger partial charge in [-0.1, -0.05) is 204 Å². The van der Waals surface area contributed by atoms with Crippen molar-refractivity contribution in [2.24, 2.45) is 5.14 Å². The van der Waals surface area contributed by atoms with Gasteiger partial charge in [-0.15, -0.1) is 0 Å². The topological polar surface area (TPSA) is 520 Å². The molecule has 35 nitrogen and oxygen atoms in total. The Bertz CT molecular complexity index is 6560. The molecule has 0 fully saturated rings. The summed E-state index contributed by atoms with van der Waals surface area (Å²) in [6.07, 6.45) is 11.2. The van der Waals surface area contributed by atoms with Crippen molar-refractivity contribution in [3.8, 4) is 57.5 Å². The fourth-order valence-corrected chi connectivity index (χ4v) is 19.3. The van der Waals surface area contributed by atoms with Gasteiger partial charge in [0, 0.05) is 70.8 Å². The highest BCUT2D eigenvalue weighted by Gasteiger charge is 2.34. The van der Waals surface area contributed by atoms with Crippen LogP contribution >= 0.6 is 0 Å².